The van der Waals surface area contributed by atoms with Crippen molar-refractivity contribution in [2.24, 2.45) is 0 Å². The van der Waals surface area contributed by atoms with Gasteiger partial charge in [0.05, 0.1) is 28.7 Å². The van der Waals surface area contributed by atoms with E-state index in [2.05, 4.69) is 10.3 Å². The van der Waals surface area contributed by atoms with E-state index in [0.29, 0.717) is 29.5 Å². The van der Waals surface area contributed by atoms with Crippen LogP contribution in [0.2, 0.25) is 0 Å². The van der Waals surface area contributed by atoms with Crippen molar-refractivity contribution in [1.29, 1.82) is 0 Å². The number of nitrogens with one attached hydrogen (secondary N) is 1. The Bertz CT molecular complexity index is 1100. The maximum Gasteiger partial charge on any atom is 0.266 e. The maximum atomic E-state index is 13.1. The summed E-state index contributed by atoms with van der Waals surface area (Å²) in [5.74, 6) is -0.110. The molecule has 0 bridgehead atoms. The molecule has 30 heavy (non-hydrogen) atoms. The van der Waals surface area contributed by atoms with Crippen molar-refractivity contribution in [2.45, 2.75) is 39.8 Å². The van der Waals surface area contributed by atoms with Gasteiger partial charge in [0.25, 0.3) is 11.8 Å². The topological polar surface area (TPSA) is 71.5 Å². The van der Waals surface area contributed by atoms with Crippen LogP contribution in [0.1, 0.15) is 55.6 Å². The Morgan fingerprint density at radius 1 is 1.20 bits per heavy atom. The molecule has 1 saturated heterocycles. The maximum absolute atomic E-state index is 13.1. The summed E-state index contributed by atoms with van der Waals surface area (Å²) in [6.45, 7) is 9.05. The molecule has 1 aliphatic rings. The quantitative estimate of drug-likeness (QED) is 0.652. The second-order valence-electron chi connectivity index (χ2n) is 7.73. The number of hydrogen-bond donors (Lipinski definition) is 1. The largest absolute Gasteiger partial charge is 0.370 e. The van der Waals surface area contributed by atoms with Crippen LogP contribution < -0.4 is 5.32 Å². The monoisotopic (exact) mass is 443 g/mol. The zero-order chi connectivity index (χ0) is 21.4. The van der Waals surface area contributed by atoms with Crippen molar-refractivity contribution >= 4 is 44.6 Å². The lowest BCUT2D eigenvalue weighted by Gasteiger charge is -2.33. The van der Waals surface area contributed by atoms with Gasteiger partial charge < -0.3 is 15.0 Å². The van der Waals surface area contributed by atoms with Crippen molar-refractivity contribution in [3.63, 3.8) is 0 Å². The Morgan fingerprint density at radius 2 is 1.97 bits per heavy atom. The van der Waals surface area contributed by atoms with Crippen LogP contribution in [0.25, 0.3) is 10.1 Å². The Balaban J connectivity index is 1.68. The first kappa shape index (κ1) is 21.0. The molecule has 2 aromatic heterocycles. The summed E-state index contributed by atoms with van der Waals surface area (Å²) in [5.41, 5.74) is 1.65. The number of carbonyl (C=O) groups is 2. The summed E-state index contributed by atoms with van der Waals surface area (Å²) in [5, 5.41) is 4.90. The summed E-state index contributed by atoms with van der Waals surface area (Å²) < 4.78 is 7.14. The number of aromatic nitrogens is 1. The first-order chi connectivity index (χ1) is 14.3. The minimum atomic E-state index is -0.346. The molecular weight excluding hydrogens is 418 g/mol. The molecule has 1 aromatic carbocycles. The Hall–Kier alpha value is -2.29. The van der Waals surface area contributed by atoms with Crippen LogP contribution in [0, 0.1) is 13.8 Å². The predicted molar refractivity (Wildman–Crippen MR) is 121 cm³/mol. The third kappa shape index (κ3) is 3.99. The van der Waals surface area contributed by atoms with E-state index >= 15 is 0 Å². The lowest BCUT2D eigenvalue weighted by molar-refractivity contribution is -0.0221. The van der Waals surface area contributed by atoms with Crippen LogP contribution >= 0.6 is 22.7 Å². The molecule has 1 N–H and O–H groups in total. The van der Waals surface area contributed by atoms with E-state index in [-0.39, 0.29) is 24.0 Å². The number of benzene rings is 1. The van der Waals surface area contributed by atoms with Crippen LogP contribution in [0.5, 0.6) is 0 Å². The van der Waals surface area contributed by atoms with Crippen molar-refractivity contribution in [3.05, 3.63) is 50.3 Å². The fourth-order valence-electron chi connectivity index (χ4n) is 3.76. The summed E-state index contributed by atoms with van der Waals surface area (Å²) >= 11 is 2.90. The molecule has 2 amide bonds. The molecule has 3 heterocycles. The molecule has 1 fully saturated rings. The highest BCUT2D eigenvalue weighted by Crippen LogP contribution is 2.38. The standard InChI is InChI=1S/C22H25N3O3S2/c1-12(2)23-21(26)20-18(15-7-5-6-8-17(15)30-20)16-11-25(9-10-28-16)22(27)19-13(3)24-14(4)29-19/h5-8,12,16H,9-11H2,1-4H3,(H,23,26)/t16-/m1/s1. The van der Waals surface area contributed by atoms with Gasteiger partial charge in [-0.1, -0.05) is 18.2 Å². The zero-order valence-electron chi connectivity index (χ0n) is 17.5. The highest BCUT2D eigenvalue weighted by molar-refractivity contribution is 7.21. The lowest BCUT2D eigenvalue weighted by Crippen LogP contribution is -2.42. The fraction of sp³-hybridized carbons (Fsp3) is 0.409. The number of thiophene rings is 1. The van der Waals surface area contributed by atoms with E-state index in [4.69, 9.17) is 4.74 Å². The minimum Gasteiger partial charge on any atom is -0.370 e. The molecule has 0 unspecified atom stereocenters. The Labute approximate surface area is 183 Å². The van der Waals surface area contributed by atoms with E-state index in [1.165, 1.54) is 22.7 Å². The number of fused-ring (bicyclic) bond motifs is 1. The molecule has 0 radical (unpaired) electrons. The van der Waals surface area contributed by atoms with Gasteiger partial charge in [-0.3, -0.25) is 9.59 Å². The molecule has 0 aliphatic carbocycles. The SMILES string of the molecule is Cc1nc(C)c(C(=O)N2CCO[C@@H](c3c(C(=O)NC(C)C)sc4ccccc34)C2)s1. The van der Waals surface area contributed by atoms with Crippen LogP contribution in [0.3, 0.4) is 0 Å². The summed E-state index contributed by atoms with van der Waals surface area (Å²) in [4.78, 5) is 33.6. The molecule has 0 spiro atoms. The number of morpholine rings is 1. The molecule has 3 aromatic rings. The molecule has 4 rings (SSSR count). The van der Waals surface area contributed by atoms with Crippen molar-refractivity contribution in [1.82, 2.24) is 15.2 Å². The van der Waals surface area contributed by atoms with Gasteiger partial charge in [0.2, 0.25) is 0 Å². The first-order valence-corrected chi connectivity index (χ1v) is 11.7. The number of rotatable bonds is 4. The van der Waals surface area contributed by atoms with Crippen molar-refractivity contribution in [3.8, 4) is 0 Å². The van der Waals surface area contributed by atoms with E-state index in [9.17, 15) is 9.59 Å². The normalized spacial score (nSPS) is 17.0. The van der Waals surface area contributed by atoms with Gasteiger partial charge in [0, 0.05) is 22.8 Å². The van der Waals surface area contributed by atoms with Gasteiger partial charge in [-0.25, -0.2) is 4.98 Å². The van der Waals surface area contributed by atoms with Crippen LogP contribution in [-0.4, -0.2) is 47.4 Å². The van der Waals surface area contributed by atoms with E-state index in [0.717, 1.165) is 26.4 Å². The van der Waals surface area contributed by atoms with Crippen molar-refractivity contribution in [2.75, 3.05) is 19.7 Å². The van der Waals surface area contributed by atoms with Crippen LogP contribution in [0.15, 0.2) is 24.3 Å². The molecule has 6 nitrogen and oxygen atoms in total. The number of amides is 2. The fourth-order valence-corrected chi connectivity index (χ4v) is 5.81. The van der Waals surface area contributed by atoms with Gasteiger partial charge in [-0.2, -0.15) is 0 Å². The molecule has 8 heteroatoms. The third-order valence-corrected chi connectivity index (χ3v) is 7.28. The van der Waals surface area contributed by atoms with Crippen LogP contribution in [-0.2, 0) is 4.74 Å². The van der Waals surface area contributed by atoms with Gasteiger partial charge in [0.1, 0.15) is 11.0 Å². The molecule has 0 saturated carbocycles. The highest BCUT2D eigenvalue weighted by atomic mass is 32.1. The number of aryl methyl sites for hydroxylation is 2. The number of nitrogens with zero attached hydrogens (tertiary/aromatic N) is 2. The smallest absolute Gasteiger partial charge is 0.266 e. The van der Waals surface area contributed by atoms with E-state index < -0.39 is 0 Å². The van der Waals surface area contributed by atoms with Gasteiger partial charge in [-0.05, 0) is 39.1 Å². The third-order valence-electron chi connectivity index (χ3n) is 5.03. The average Bonchev–Trinajstić information content (AvgIpc) is 3.26. The van der Waals surface area contributed by atoms with Crippen LogP contribution in [0.4, 0.5) is 0 Å². The molecular formula is C22H25N3O3S2. The summed E-state index contributed by atoms with van der Waals surface area (Å²) in [6, 6.07) is 8.02. The van der Waals surface area contributed by atoms with Crippen molar-refractivity contribution < 1.29 is 14.3 Å². The summed E-state index contributed by atoms with van der Waals surface area (Å²) in [6.07, 6.45) is -0.346. The predicted octanol–water partition coefficient (Wildman–Crippen LogP) is 4.33. The summed E-state index contributed by atoms with van der Waals surface area (Å²) in [7, 11) is 0. The number of hydrogen-bond acceptors (Lipinski definition) is 6. The Kier molecular flexibility index (Phi) is 5.90. The Morgan fingerprint density at radius 3 is 2.67 bits per heavy atom. The van der Waals surface area contributed by atoms with Gasteiger partial charge in [0.15, 0.2) is 0 Å². The number of thiazole rings is 1. The first-order valence-electron chi connectivity index (χ1n) is 10.0. The van der Waals surface area contributed by atoms with Gasteiger partial charge >= 0.3 is 0 Å². The van der Waals surface area contributed by atoms with E-state index in [1.54, 1.807) is 0 Å². The molecule has 158 valence electrons. The van der Waals surface area contributed by atoms with Gasteiger partial charge in [-0.15, -0.1) is 22.7 Å². The molecule has 1 aliphatic heterocycles. The zero-order valence-corrected chi connectivity index (χ0v) is 19.2. The lowest BCUT2D eigenvalue weighted by atomic mass is 10.0. The second kappa shape index (κ2) is 8.45. The number of carbonyl (C=O) groups excluding carboxylic acids is 2. The number of ether oxygens (including phenoxy) is 1. The second-order valence-corrected chi connectivity index (χ2v) is 9.98. The highest BCUT2D eigenvalue weighted by Gasteiger charge is 2.32. The average molecular weight is 444 g/mol. The minimum absolute atomic E-state index is 0.0147. The van der Waals surface area contributed by atoms with E-state index in [1.807, 2.05) is 56.9 Å². The molecule has 1 atom stereocenters.